The first-order chi connectivity index (χ1) is 15.0. The summed E-state index contributed by atoms with van der Waals surface area (Å²) in [7, 11) is 1.54. The van der Waals surface area contributed by atoms with Gasteiger partial charge in [0.1, 0.15) is 5.82 Å². The lowest BCUT2D eigenvalue weighted by molar-refractivity contribution is 0.100. The van der Waals surface area contributed by atoms with E-state index in [1.165, 1.54) is 0 Å². The maximum atomic E-state index is 14.7. The highest BCUT2D eigenvalue weighted by molar-refractivity contribution is 6.02. The smallest absolute Gasteiger partial charge is 0.252 e. The normalized spacial score (nSPS) is 18.5. The van der Waals surface area contributed by atoms with Crippen LogP contribution in [0.5, 0.6) is 5.88 Å². The number of carbonyl (C=O) groups excluding carboxylic acids is 1. The van der Waals surface area contributed by atoms with Crippen molar-refractivity contribution in [2.24, 2.45) is 11.5 Å². The number of amides is 1. The number of hydrogen-bond acceptors (Lipinski definition) is 7. The molecule has 2 heterocycles. The third-order valence-corrected chi connectivity index (χ3v) is 5.60. The van der Waals surface area contributed by atoms with Gasteiger partial charge in [-0.1, -0.05) is 18.9 Å². The number of aromatic nitrogens is 2. The molecule has 8 nitrogen and oxygen atoms in total. The minimum atomic E-state index is -0.783. The number of nitrogens with one attached hydrogen (secondary N) is 2. The SMILES string of the molecule is COc1nccc2c(Nc3nc(N[C@@H]4CCCC[C@@H]4N)c(F)cc3C(N)=O)cccc12. The summed E-state index contributed by atoms with van der Waals surface area (Å²) in [6.45, 7) is 0. The first kappa shape index (κ1) is 20.8. The van der Waals surface area contributed by atoms with E-state index in [1.807, 2.05) is 24.3 Å². The van der Waals surface area contributed by atoms with E-state index in [-0.39, 0.29) is 29.3 Å². The maximum Gasteiger partial charge on any atom is 0.252 e. The van der Waals surface area contributed by atoms with Gasteiger partial charge in [-0.3, -0.25) is 4.79 Å². The van der Waals surface area contributed by atoms with Gasteiger partial charge in [-0.15, -0.1) is 0 Å². The molecule has 0 spiro atoms. The second-order valence-corrected chi connectivity index (χ2v) is 7.62. The van der Waals surface area contributed by atoms with E-state index >= 15 is 0 Å². The van der Waals surface area contributed by atoms with Crippen LogP contribution in [0.4, 0.5) is 21.7 Å². The zero-order chi connectivity index (χ0) is 22.0. The van der Waals surface area contributed by atoms with E-state index in [0.29, 0.717) is 11.6 Å². The highest BCUT2D eigenvalue weighted by atomic mass is 19.1. The summed E-state index contributed by atoms with van der Waals surface area (Å²) in [6.07, 6.45) is 5.40. The first-order valence-corrected chi connectivity index (χ1v) is 10.2. The molecule has 0 radical (unpaired) electrons. The van der Waals surface area contributed by atoms with E-state index in [1.54, 1.807) is 13.3 Å². The van der Waals surface area contributed by atoms with E-state index < -0.39 is 11.7 Å². The fourth-order valence-corrected chi connectivity index (χ4v) is 3.97. The molecule has 1 aliphatic rings. The summed E-state index contributed by atoms with van der Waals surface area (Å²) in [5.74, 6) is -0.773. The average molecular weight is 424 g/mol. The minimum Gasteiger partial charge on any atom is -0.481 e. The Bertz CT molecular complexity index is 1120. The summed E-state index contributed by atoms with van der Waals surface area (Å²) in [6, 6.07) is 8.26. The molecule has 1 fully saturated rings. The third kappa shape index (κ3) is 4.22. The Morgan fingerprint density at radius 3 is 2.74 bits per heavy atom. The number of methoxy groups -OCH3 is 1. The van der Waals surface area contributed by atoms with Crippen molar-refractivity contribution in [1.29, 1.82) is 0 Å². The molecule has 2 atom stereocenters. The standard InChI is InChI=1S/C22H25FN6O2/c1-31-22-13-5-4-8-17(12(13)9-10-26-22)27-20-14(19(25)30)11-15(23)21(29-20)28-18-7-3-2-6-16(18)24/h4-5,8-11,16,18H,2-3,6-7,24H2,1H3,(H2,25,30)(H2,27,28,29)/t16-,18+/m0/s1. The van der Waals surface area contributed by atoms with Crippen molar-refractivity contribution in [2.45, 2.75) is 37.8 Å². The van der Waals surface area contributed by atoms with E-state index in [9.17, 15) is 9.18 Å². The Balaban J connectivity index is 1.73. The van der Waals surface area contributed by atoms with Crippen molar-refractivity contribution in [3.8, 4) is 5.88 Å². The Morgan fingerprint density at radius 2 is 2.00 bits per heavy atom. The Hall–Kier alpha value is -3.46. The number of hydrogen-bond donors (Lipinski definition) is 4. The third-order valence-electron chi connectivity index (χ3n) is 5.60. The maximum absolute atomic E-state index is 14.7. The van der Waals surface area contributed by atoms with Gasteiger partial charge in [-0.2, -0.15) is 0 Å². The van der Waals surface area contributed by atoms with Gasteiger partial charge in [0.2, 0.25) is 5.88 Å². The summed E-state index contributed by atoms with van der Waals surface area (Å²) >= 11 is 0. The van der Waals surface area contributed by atoms with Crippen LogP contribution in [0.2, 0.25) is 0 Å². The van der Waals surface area contributed by atoms with Crippen LogP contribution in [0.3, 0.4) is 0 Å². The minimum absolute atomic E-state index is 0.0364. The molecule has 0 saturated heterocycles. The number of anilines is 3. The zero-order valence-electron chi connectivity index (χ0n) is 17.2. The Morgan fingerprint density at radius 1 is 1.19 bits per heavy atom. The van der Waals surface area contributed by atoms with Crippen LogP contribution in [0.15, 0.2) is 36.5 Å². The van der Waals surface area contributed by atoms with Crippen molar-refractivity contribution >= 4 is 34.0 Å². The van der Waals surface area contributed by atoms with Crippen LogP contribution in [0.25, 0.3) is 10.8 Å². The van der Waals surface area contributed by atoms with Gasteiger partial charge in [0.05, 0.1) is 12.7 Å². The highest BCUT2D eigenvalue weighted by Crippen LogP contribution is 2.32. The van der Waals surface area contributed by atoms with E-state index in [2.05, 4.69) is 20.6 Å². The molecule has 1 aromatic carbocycles. The lowest BCUT2D eigenvalue weighted by Gasteiger charge is -2.30. The van der Waals surface area contributed by atoms with Crippen LogP contribution in [-0.4, -0.2) is 35.1 Å². The lowest BCUT2D eigenvalue weighted by Crippen LogP contribution is -2.43. The molecular formula is C22H25FN6O2. The van der Waals surface area contributed by atoms with Crippen LogP contribution in [0, 0.1) is 5.82 Å². The summed E-state index contributed by atoms with van der Waals surface area (Å²) in [5, 5.41) is 7.83. The number of ether oxygens (including phenoxy) is 1. The quantitative estimate of drug-likeness (QED) is 0.478. The zero-order valence-corrected chi connectivity index (χ0v) is 17.2. The predicted octanol–water partition coefficient (Wildman–Crippen LogP) is 3.30. The summed E-state index contributed by atoms with van der Waals surface area (Å²) < 4.78 is 20.1. The molecule has 0 unspecified atom stereocenters. The highest BCUT2D eigenvalue weighted by Gasteiger charge is 2.24. The first-order valence-electron chi connectivity index (χ1n) is 10.2. The van der Waals surface area contributed by atoms with Gasteiger partial charge < -0.3 is 26.8 Å². The van der Waals surface area contributed by atoms with Crippen molar-refractivity contribution in [1.82, 2.24) is 9.97 Å². The van der Waals surface area contributed by atoms with Gasteiger partial charge in [0.15, 0.2) is 11.6 Å². The number of benzene rings is 1. The van der Waals surface area contributed by atoms with E-state index in [4.69, 9.17) is 16.2 Å². The number of carbonyl (C=O) groups is 1. The second kappa shape index (κ2) is 8.73. The number of fused-ring (bicyclic) bond motifs is 1. The molecule has 1 saturated carbocycles. The predicted molar refractivity (Wildman–Crippen MR) is 118 cm³/mol. The van der Waals surface area contributed by atoms with Gasteiger partial charge in [0, 0.05) is 34.7 Å². The number of pyridine rings is 2. The van der Waals surface area contributed by atoms with Crippen molar-refractivity contribution in [3.63, 3.8) is 0 Å². The molecule has 31 heavy (non-hydrogen) atoms. The summed E-state index contributed by atoms with van der Waals surface area (Å²) in [4.78, 5) is 20.6. The lowest BCUT2D eigenvalue weighted by atomic mass is 9.91. The number of nitrogens with two attached hydrogens (primary N) is 2. The Kier molecular flexibility index (Phi) is 5.85. The number of rotatable bonds is 6. The van der Waals surface area contributed by atoms with Gasteiger partial charge >= 0.3 is 0 Å². The molecule has 9 heteroatoms. The molecule has 4 rings (SSSR count). The second-order valence-electron chi connectivity index (χ2n) is 7.62. The Labute approximate surface area is 179 Å². The topological polar surface area (TPSA) is 128 Å². The van der Waals surface area contributed by atoms with Gasteiger partial charge in [-0.05, 0) is 37.1 Å². The monoisotopic (exact) mass is 424 g/mol. The molecule has 0 aliphatic heterocycles. The molecule has 1 aliphatic carbocycles. The van der Waals surface area contributed by atoms with Crippen LogP contribution >= 0.6 is 0 Å². The number of nitrogens with zero attached hydrogens (tertiary/aromatic N) is 2. The van der Waals surface area contributed by atoms with Gasteiger partial charge in [0.25, 0.3) is 5.91 Å². The van der Waals surface area contributed by atoms with Gasteiger partial charge in [-0.25, -0.2) is 14.4 Å². The number of primary amides is 1. The molecular weight excluding hydrogens is 399 g/mol. The van der Waals surface area contributed by atoms with Crippen molar-refractivity contribution in [2.75, 3.05) is 17.7 Å². The fraction of sp³-hybridized carbons (Fsp3) is 0.318. The van der Waals surface area contributed by atoms with Crippen LogP contribution < -0.4 is 26.8 Å². The summed E-state index contributed by atoms with van der Waals surface area (Å²) in [5.41, 5.74) is 12.3. The molecule has 1 amide bonds. The molecule has 6 N–H and O–H groups in total. The molecule has 0 bridgehead atoms. The van der Waals surface area contributed by atoms with E-state index in [0.717, 1.165) is 42.5 Å². The van der Waals surface area contributed by atoms with Crippen molar-refractivity contribution in [3.05, 3.63) is 47.9 Å². The molecule has 3 aromatic rings. The number of halogens is 1. The van der Waals surface area contributed by atoms with Crippen molar-refractivity contribution < 1.29 is 13.9 Å². The largest absolute Gasteiger partial charge is 0.481 e. The molecule has 162 valence electrons. The van der Waals surface area contributed by atoms with Crippen LogP contribution in [-0.2, 0) is 0 Å². The van der Waals surface area contributed by atoms with Crippen LogP contribution in [0.1, 0.15) is 36.0 Å². The molecule has 2 aromatic heterocycles. The average Bonchev–Trinajstić information content (AvgIpc) is 2.77. The fourth-order valence-electron chi connectivity index (χ4n) is 3.97.